The van der Waals surface area contributed by atoms with Gasteiger partial charge in [0, 0.05) is 0 Å². The van der Waals surface area contributed by atoms with Gasteiger partial charge in [-0.15, -0.1) is 0 Å². The van der Waals surface area contributed by atoms with Crippen LogP contribution in [0.4, 0.5) is 0 Å². The fraction of sp³-hybridized carbons (Fsp3) is 0.778. The van der Waals surface area contributed by atoms with Crippen LogP contribution in [0, 0.1) is 0 Å². The van der Waals surface area contributed by atoms with Crippen LogP contribution in [0.25, 0.3) is 0 Å². The van der Waals surface area contributed by atoms with E-state index in [2.05, 4.69) is 10.1 Å². The molecule has 6 heteroatoms. The lowest BCUT2D eigenvalue weighted by Crippen LogP contribution is -2.35. The van der Waals surface area contributed by atoms with E-state index >= 15 is 0 Å². The normalized spacial score (nSPS) is 17.8. The summed E-state index contributed by atoms with van der Waals surface area (Å²) in [6.07, 6.45) is 0.159. The number of ether oxygens (including phenoxy) is 2. The predicted molar refractivity (Wildman–Crippen MR) is 50.9 cm³/mol. The predicted octanol–water partition coefficient (Wildman–Crippen LogP) is 0.179. The van der Waals surface area contributed by atoms with Crippen molar-refractivity contribution < 1.29 is 14.0 Å². The van der Waals surface area contributed by atoms with E-state index in [1.807, 2.05) is 13.8 Å². The van der Waals surface area contributed by atoms with Crippen LogP contribution in [0.3, 0.4) is 0 Å². The van der Waals surface area contributed by atoms with Gasteiger partial charge in [-0.1, -0.05) is 5.16 Å². The SMILES string of the molecule is CC(C)(N)c1noc(COC2COC2)n1. The van der Waals surface area contributed by atoms with Gasteiger partial charge in [0.15, 0.2) is 5.82 Å². The zero-order valence-corrected chi connectivity index (χ0v) is 8.90. The summed E-state index contributed by atoms with van der Waals surface area (Å²) in [6.45, 7) is 5.24. The number of hydrogen-bond acceptors (Lipinski definition) is 6. The number of nitrogens with zero attached hydrogens (tertiary/aromatic N) is 2. The second-order valence-electron chi connectivity index (χ2n) is 4.20. The van der Waals surface area contributed by atoms with Gasteiger partial charge in [0.25, 0.3) is 5.89 Å². The Morgan fingerprint density at radius 2 is 2.27 bits per heavy atom. The molecule has 0 aliphatic carbocycles. The third kappa shape index (κ3) is 2.53. The summed E-state index contributed by atoms with van der Waals surface area (Å²) in [6, 6.07) is 0. The van der Waals surface area contributed by atoms with E-state index < -0.39 is 5.54 Å². The average Bonchev–Trinajstić information content (AvgIpc) is 2.48. The van der Waals surface area contributed by atoms with E-state index in [4.69, 9.17) is 19.7 Å². The van der Waals surface area contributed by atoms with Crippen molar-refractivity contribution in [2.24, 2.45) is 5.73 Å². The first-order valence-corrected chi connectivity index (χ1v) is 4.87. The lowest BCUT2D eigenvalue weighted by molar-refractivity contribution is -0.139. The minimum absolute atomic E-state index is 0.159. The van der Waals surface area contributed by atoms with E-state index in [9.17, 15) is 0 Å². The van der Waals surface area contributed by atoms with E-state index in [0.29, 0.717) is 31.5 Å². The number of aromatic nitrogens is 2. The molecule has 84 valence electrons. The highest BCUT2D eigenvalue weighted by Gasteiger charge is 2.23. The molecular weight excluding hydrogens is 198 g/mol. The van der Waals surface area contributed by atoms with Crippen LogP contribution in [0.15, 0.2) is 4.52 Å². The van der Waals surface area contributed by atoms with Crippen molar-refractivity contribution in [3.63, 3.8) is 0 Å². The topological polar surface area (TPSA) is 83.4 Å². The number of hydrogen-bond donors (Lipinski definition) is 1. The van der Waals surface area contributed by atoms with Crippen LogP contribution in [-0.2, 0) is 21.6 Å². The fourth-order valence-corrected chi connectivity index (χ4v) is 1.07. The van der Waals surface area contributed by atoms with Crippen LogP contribution in [0.5, 0.6) is 0 Å². The molecule has 0 bridgehead atoms. The van der Waals surface area contributed by atoms with E-state index in [-0.39, 0.29) is 6.10 Å². The Hall–Kier alpha value is -0.980. The minimum Gasteiger partial charge on any atom is -0.376 e. The Morgan fingerprint density at radius 1 is 1.53 bits per heavy atom. The third-order valence-corrected chi connectivity index (χ3v) is 2.09. The summed E-state index contributed by atoms with van der Waals surface area (Å²) in [4.78, 5) is 4.14. The summed E-state index contributed by atoms with van der Waals surface area (Å²) >= 11 is 0. The zero-order valence-electron chi connectivity index (χ0n) is 8.90. The van der Waals surface area contributed by atoms with E-state index in [1.165, 1.54) is 0 Å². The van der Waals surface area contributed by atoms with E-state index in [1.54, 1.807) is 0 Å². The van der Waals surface area contributed by atoms with Crippen LogP contribution >= 0.6 is 0 Å². The van der Waals surface area contributed by atoms with Crippen LogP contribution in [0.2, 0.25) is 0 Å². The Balaban J connectivity index is 1.89. The lowest BCUT2D eigenvalue weighted by atomic mass is 10.1. The highest BCUT2D eigenvalue weighted by molar-refractivity contribution is 4.98. The van der Waals surface area contributed by atoms with Gasteiger partial charge in [0.1, 0.15) is 12.7 Å². The van der Waals surface area contributed by atoms with Crippen LogP contribution < -0.4 is 5.73 Å². The van der Waals surface area contributed by atoms with Gasteiger partial charge < -0.3 is 19.7 Å². The maximum atomic E-state index is 5.82. The third-order valence-electron chi connectivity index (χ3n) is 2.09. The fourth-order valence-electron chi connectivity index (χ4n) is 1.07. The lowest BCUT2D eigenvalue weighted by Gasteiger charge is -2.25. The Labute approximate surface area is 87.7 Å². The quantitative estimate of drug-likeness (QED) is 0.768. The van der Waals surface area contributed by atoms with Crippen molar-refractivity contribution in [1.29, 1.82) is 0 Å². The molecule has 1 aromatic rings. The standard InChI is InChI=1S/C9H15N3O3/c1-9(2,10)8-11-7(15-12-8)5-14-6-3-13-4-6/h6H,3-5,10H2,1-2H3. The first-order valence-electron chi connectivity index (χ1n) is 4.87. The first kappa shape index (κ1) is 10.5. The highest BCUT2D eigenvalue weighted by Crippen LogP contribution is 2.14. The second-order valence-corrected chi connectivity index (χ2v) is 4.20. The molecule has 0 saturated carbocycles. The monoisotopic (exact) mass is 213 g/mol. The molecule has 1 aliphatic heterocycles. The molecule has 2 rings (SSSR count). The molecule has 1 saturated heterocycles. The zero-order chi connectivity index (χ0) is 10.9. The van der Waals surface area contributed by atoms with E-state index in [0.717, 1.165) is 0 Å². The summed E-state index contributed by atoms with van der Waals surface area (Å²) in [5, 5.41) is 3.79. The molecular formula is C9H15N3O3. The summed E-state index contributed by atoms with van der Waals surface area (Å²) < 4.78 is 15.4. The van der Waals surface area contributed by atoms with Gasteiger partial charge in [0.2, 0.25) is 0 Å². The Bertz CT molecular complexity index is 328. The minimum atomic E-state index is -0.582. The van der Waals surface area contributed by atoms with Crippen molar-refractivity contribution in [3.05, 3.63) is 11.7 Å². The molecule has 2 N–H and O–H groups in total. The van der Waals surface area contributed by atoms with Crippen LogP contribution in [-0.4, -0.2) is 29.5 Å². The van der Waals surface area contributed by atoms with Gasteiger partial charge in [-0.3, -0.25) is 0 Å². The molecule has 1 aliphatic rings. The summed E-state index contributed by atoms with van der Waals surface area (Å²) in [7, 11) is 0. The van der Waals surface area contributed by atoms with Crippen molar-refractivity contribution >= 4 is 0 Å². The second kappa shape index (κ2) is 3.88. The first-order chi connectivity index (χ1) is 7.05. The molecule has 2 heterocycles. The Morgan fingerprint density at radius 3 is 2.73 bits per heavy atom. The number of nitrogens with two attached hydrogens (primary N) is 1. The highest BCUT2D eigenvalue weighted by atomic mass is 16.6. The molecule has 0 atom stereocenters. The number of rotatable bonds is 4. The molecule has 0 spiro atoms. The van der Waals surface area contributed by atoms with Gasteiger partial charge in [-0.2, -0.15) is 4.98 Å². The molecule has 15 heavy (non-hydrogen) atoms. The molecule has 1 fully saturated rings. The van der Waals surface area contributed by atoms with Gasteiger partial charge in [-0.25, -0.2) is 0 Å². The Kier molecular flexibility index (Phi) is 2.72. The van der Waals surface area contributed by atoms with Gasteiger partial charge in [-0.05, 0) is 13.8 Å². The smallest absolute Gasteiger partial charge is 0.252 e. The molecule has 0 radical (unpaired) electrons. The molecule has 6 nitrogen and oxygen atoms in total. The van der Waals surface area contributed by atoms with Crippen LogP contribution in [0.1, 0.15) is 25.6 Å². The molecule has 1 aromatic heterocycles. The van der Waals surface area contributed by atoms with Crippen molar-refractivity contribution in [3.8, 4) is 0 Å². The van der Waals surface area contributed by atoms with Gasteiger partial charge in [0.05, 0.1) is 18.8 Å². The molecule has 0 amide bonds. The largest absolute Gasteiger partial charge is 0.376 e. The molecule has 0 unspecified atom stereocenters. The average molecular weight is 213 g/mol. The summed E-state index contributed by atoms with van der Waals surface area (Å²) in [5.41, 5.74) is 5.24. The van der Waals surface area contributed by atoms with Crippen molar-refractivity contribution in [2.45, 2.75) is 32.1 Å². The maximum Gasteiger partial charge on any atom is 0.252 e. The molecule has 0 aromatic carbocycles. The van der Waals surface area contributed by atoms with Crippen molar-refractivity contribution in [2.75, 3.05) is 13.2 Å². The van der Waals surface area contributed by atoms with Crippen molar-refractivity contribution in [1.82, 2.24) is 10.1 Å². The summed E-state index contributed by atoms with van der Waals surface area (Å²) in [5.74, 6) is 0.946. The van der Waals surface area contributed by atoms with Gasteiger partial charge >= 0.3 is 0 Å². The maximum absolute atomic E-state index is 5.82.